The monoisotopic (exact) mass is 347 g/mol. The van der Waals surface area contributed by atoms with Crippen molar-refractivity contribution in [2.75, 3.05) is 26.7 Å². The van der Waals surface area contributed by atoms with E-state index in [0.29, 0.717) is 6.04 Å². The van der Waals surface area contributed by atoms with Crippen LogP contribution >= 0.6 is 0 Å². The van der Waals surface area contributed by atoms with E-state index in [1.165, 1.54) is 5.56 Å². The Morgan fingerprint density at radius 2 is 1.88 bits per heavy atom. The van der Waals surface area contributed by atoms with Crippen LogP contribution in [0.3, 0.4) is 0 Å². The third-order valence-electron chi connectivity index (χ3n) is 5.29. The molecule has 4 nitrogen and oxygen atoms in total. The lowest BCUT2D eigenvalue weighted by Crippen LogP contribution is -2.46. The van der Waals surface area contributed by atoms with Gasteiger partial charge in [-0.1, -0.05) is 42.0 Å². The first-order chi connectivity index (χ1) is 12.6. The van der Waals surface area contributed by atoms with E-state index < -0.39 is 0 Å². The molecule has 0 radical (unpaired) electrons. The van der Waals surface area contributed by atoms with E-state index in [0.717, 1.165) is 48.3 Å². The number of hydrogen-bond donors (Lipinski definition) is 1. The smallest absolute Gasteiger partial charge is 0.189 e. The number of aryl methyl sites for hydroxylation is 1. The van der Waals surface area contributed by atoms with Gasteiger partial charge >= 0.3 is 0 Å². The molecule has 4 rings (SSSR count). The van der Waals surface area contributed by atoms with Crippen molar-refractivity contribution in [1.29, 1.82) is 0 Å². The third kappa shape index (κ3) is 3.43. The predicted octanol–water partition coefficient (Wildman–Crippen LogP) is 3.33. The van der Waals surface area contributed by atoms with E-state index in [2.05, 4.69) is 52.2 Å². The summed E-state index contributed by atoms with van der Waals surface area (Å²) in [5, 5.41) is 0.770. The molecule has 134 valence electrons. The minimum absolute atomic E-state index is 0.0999. The largest absolute Gasteiger partial charge is 0.357 e. The van der Waals surface area contributed by atoms with Crippen LogP contribution in [0.25, 0.3) is 10.9 Å². The average molecular weight is 347 g/mol. The number of aromatic nitrogens is 1. The van der Waals surface area contributed by atoms with Gasteiger partial charge in [0.05, 0.1) is 0 Å². The van der Waals surface area contributed by atoms with Gasteiger partial charge in [-0.05, 0) is 31.7 Å². The highest BCUT2D eigenvalue weighted by molar-refractivity contribution is 5.79. The fourth-order valence-corrected chi connectivity index (χ4v) is 3.86. The maximum absolute atomic E-state index is 12.6. The molecule has 1 atom stereocenters. The average Bonchev–Trinajstić information content (AvgIpc) is 2.65. The molecule has 3 aromatic rings. The van der Waals surface area contributed by atoms with Crippen LogP contribution in [0.15, 0.2) is 59.4 Å². The Kier molecular flexibility index (Phi) is 4.62. The fraction of sp³-hybridized carbons (Fsp3) is 0.318. The van der Waals surface area contributed by atoms with E-state index in [4.69, 9.17) is 0 Å². The van der Waals surface area contributed by atoms with E-state index >= 15 is 0 Å². The van der Waals surface area contributed by atoms with Crippen molar-refractivity contribution in [3.05, 3.63) is 81.6 Å². The van der Waals surface area contributed by atoms with Crippen molar-refractivity contribution >= 4 is 10.9 Å². The van der Waals surface area contributed by atoms with Gasteiger partial charge in [-0.25, -0.2) is 0 Å². The molecule has 1 aromatic heterocycles. The Balaban J connectivity index is 1.65. The molecule has 0 amide bonds. The maximum atomic E-state index is 12.6. The Morgan fingerprint density at radius 1 is 1.08 bits per heavy atom. The molecule has 1 saturated heterocycles. The van der Waals surface area contributed by atoms with Crippen LogP contribution in [0.5, 0.6) is 0 Å². The van der Waals surface area contributed by atoms with Gasteiger partial charge in [-0.15, -0.1) is 0 Å². The van der Waals surface area contributed by atoms with Gasteiger partial charge < -0.3 is 9.88 Å². The summed E-state index contributed by atoms with van der Waals surface area (Å²) in [6.07, 6.45) is 0. The number of aromatic amines is 1. The summed E-state index contributed by atoms with van der Waals surface area (Å²) in [7, 11) is 2.17. The van der Waals surface area contributed by atoms with Gasteiger partial charge in [-0.3, -0.25) is 9.69 Å². The third-order valence-corrected chi connectivity index (χ3v) is 5.29. The lowest BCUT2D eigenvalue weighted by atomic mass is 10.0. The number of fused-ring (bicyclic) bond motifs is 1. The van der Waals surface area contributed by atoms with Gasteiger partial charge in [0.1, 0.15) is 0 Å². The van der Waals surface area contributed by atoms with Crippen molar-refractivity contribution in [3.63, 3.8) is 0 Å². The number of nitrogens with one attached hydrogen (secondary N) is 1. The van der Waals surface area contributed by atoms with Crippen molar-refractivity contribution in [1.82, 2.24) is 14.8 Å². The minimum Gasteiger partial charge on any atom is -0.357 e. The molecule has 0 spiro atoms. The highest BCUT2D eigenvalue weighted by Crippen LogP contribution is 2.26. The highest BCUT2D eigenvalue weighted by atomic mass is 16.1. The summed E-state index contributed by atoms with van der Waals surface area (Å²) in [6, 6.07) is 18.8. The second kappa shape index (κ2) is 7.06. The summed E-state index contributed by atoms with van der Waals surface area (Å²) >= 11 is 0. The first-order valence-electron chi connectivity index (χ1n) is 9.20. The SMILES string of the molecule is Cc1ccc2[nH]c(CN3CCN(C)C[C@@H]3c3ccccc3)cc(=O)c2c1. The summed E-state index contributed by atoms with van der Waals surface area (Å²) in [4.78, 5) is 20.9. The molecule has 1 aliphatic rings. The molecule has 1 fully saturated rings. The number of benzene rings is 2. The molecule has 0 bridgehead atoms. The predicted molar refractivity (Wildman–Crippen MR) is 106 cm³/mol. The summed E-state index contributed by atoms with van der Waals surface area (Å²) in [6.45, 7) is 5.80. The molecular weight excluding hydrogens is 322 g/mol. The van der Waals surface area contributed by atoms with Crippen molar-refractivity contribution in [2.45, 2.75) is 19.5 Å². The molecule has 0 unspecified atom stereocenters. The Hall–Kier alpha value is -2.43. The number of nitrogens with zero attached hydrogens (tertiary/aromatic N) is 2. The number of piperazine rings is 1. The van der Waals surface area contributed by atoms with E-state index in [9.17, 15) is 4.79 Å². The van der Waals surface area contributed by atoms with Crippen LogP contribution in [0.4, 0.5) is 0 Å². The Morgan fingerprint density at radius 3 is 2.69 bits per heavy atom. The summed E-state index contributed by atoms with van der Waals surface area (Å²) < 4.78 is 0. The molecule has 26 heavy (non-hydrogen) atoms. The van der Waals surface area contributed by atoms with E-state index in [-0.39, 0.29) is 5.43 Å². The zero-order valence-electron chi connectivity index (χ0n) is 15.4. The molecule has 0 saturated carbocycles. The first-order valence-corrected chi connectivity index (χ1v) is 9.20. The van der Waals surface area contributed by atoms with Crippen LogP contribution in [0.1, 0.15) is 22.9 Å². The van der Waals surface area contributed by atoms with Crippen LogP contribution in [-0.2, 0) is 6.54 Å². The highest BCUT2D eigenvalue weighted by Gasteiger charge is 2.26. The summed E-state index contributed by atoms with van der Waals surface area (Å²) in [5.41, 5.74) is 4.44. The quantitative estimate of drug-likeness (QED) is 0.790. The van der Waals surface area contributed by atoms with Gasteiger partial charge in [0.15, 0.2) is 5.43 Å². The Bertz CT molecular complexity index is 964. The zero-order valence-corrected chi connectivity index (χ0v) is 15.4. The standard InChI is InChI=1S/C22H25N3O/c1-16-8-9-20-19(12-16)22(26)13-18(23-20)14-25-11-10-24(2)15-21(25)17-6-4-3-5-7-17/h3-9,12-13,21H,10-11,14-15H2,1-2H3,(H,23,26)/t21-/m1/s1. The lowest BCUT2D eigenvalue weighted by molar-refractivity contribution is 0.0823. The molecule has 2 heterocycles. The molecule has 2 aromatic carbocycles. The Labute approximate surface area is 154 Å². The first kappa shape index (κ1) is 17.0. The van der Waals surface area contributed by atoms with E-state index in [1.54, 1.807) is 6.07 Å². The molecular formula is C22H25N3O. The van der Waals surface area contributed by atoms with Crippen LogP contribution < -0.4 is 5.43 Å². The number of hydrogen-bond acceptors (Lipinski definition) is 3. The molecule has 0 aliphatic carbocycles. The topological polar surface area (TPSA) is 39.3 Å². The molecule has 1 N–H and O–H groups in total. The maximum Gasteiger partial charge on any atom is 0.189 e. The van der Waals surface area contributed by atoms with Crippen LogP contribution in [-0.4, -0.2) is 41.5 Å². The number of likely N-dealkylation sites (N-methyl/N-ethyl adjacent to an activating group) is 1. The van der Waals surface area contributed by atoms with Crippen molar-refractivity contribution in [2.24, 2.45) is 0 Å². The van der Waals surface area contributed by atoms with Crippen molar-refractivity contribution in [3.8, 4) is 0 Å². The lowest BCUT2D eigenvalue weighted by Gasteiger charge is -2.40. The normalized spacial score (nSPS) is 19.1. The van der Waals surface area contributed by atoms with Gasteiger partial charge in [0, 0.05) is 54.9 Å². The number of rotatable bonds is 3. The minimum atomic E-state index is 0.0999. The van der Waals surface area contributed by atoms with Gasteiger partial charge in [0.2, 0.25) is 0 Å². The number of pyridine rings is 1. The zero-order chi connectivity index (χ0) is 18.1. The van der Waals surface area contributed by atoms with Crippen molar-refractivity contribution < 1.29 is 0 Å². The fourth-order valence-electron chi connectivity index (χ4n) is 3.86. The van der Waals surface area contributed by atoms with Gasteiger partial charge in [0.25, 0.3) is 0 Å². The molecule has 1 aliphatic heterocycles. The second-order valence-electron chi connectivity index (χ2n) is 7.37. The van der Waals surface area contributed by atoms with Crippen LogP contribution in [0.2, 0.25) is 0 Å². The van der Waals surface area contributed by atoms with E-state index in [1.807, 2.05) is 25.1 Å². The summed E-state index contributed by atoms with van der Waals surface area (Å²) in [5.74, 6) is 0. The van der Waals surface area contributed by atoms with Crippen LogP contribution in [0, 0.1) is 6.92 Å². The second-order valence-corrected chi connectivity index (χ2v) is 7.37. The number of H-pyrrole nitrogens is 1. The molecule has 4 heteroatoms. The van der Waals surface area contributed by atoms with Gasteiger partial charge in [-0.2, -0.15) is 0 Å².